The van der Waals surface area contributed by atoms with Crippen molar-refractivity contribution in [2.24, 2.45) is 11.5 Å². The number of aromatic nitrogens is 3. The molecule has 4 aromatic rings. The van der Waals surface area contributed by atoms with Gasteiger partial charge in [-0.2, -0.15) is 4.39 Å². The Morgan fingerprint density at radius 3 is 2.42 bits per heavy atom. The lowest BCUT2D eigenvalue weighted by Gasteiger charge is -2.36. The molecule has 0 aliphatic carbocycles. The third-order valence-electron chi connectivity index (χ3n) is 8.87. The van der Waals surface area contributed by atoms with Crippen LogP contribution in [0.4, 0.5) is 20.3 Å². The minimum Gasteiger partial charge on any atom is -0.494 e. The molecule has 2 aromatic heterocycles. The minimum atomic E-state index is -1.30. The van der Waals surface area contributed by atoms with Crippen LogP contribution in [-0.4, -0.2) is 105 Å². The molecule has 52 heavy (non-hydrogen) atoms. The van der Waals surface area contributed by atoms with Gasteiger partial charge in [0.05, 0.1) is 31.5 Å². The summed E-state index contributed by atoms with van der Waals surface area (Å²) in [5, 5.41) is 15.1. The molecule has 0 radical (unpaired) electrons. The van der Waals surface area contributed by atoms with Gasteiger partial charge in [0.15, 0.2) is 23.0 Å². The Morgan fingerprint density at radius 2 is 1.75 bits per heavy atom. The summed E-state index contributed by atoms with van der Waals surface area (Å²) in [7, 11) is 1.25. The number of fused-ring (bicyclic) bond motifs is 1. The zero-order valence-electron chi connectivity index (χ0n) is 28.8. The van der Waals surface area contributed by atoms with Crippen LogP contribution in [0.5, 0.6) is 5.75 Å². The van der Waals surface area contributed by atoms with E-state index in [1.807, 2.05) is 0 Å². The summed E-state index contributed by atoms with van der Waals surface area (Å²) in [5.41, 5.74) is 13.8. The molecular formula is C35H41F2N9O6. The Hall–Kier alpha value is -5.68. The predicted molar refractivity (Wildman–Crippen MR) is 187 cm³/mol. The van der Waals surface area contributed by atoms with Crippen molar-refractivity contribution in [2.75, 3.05) is 45.2 Å². The molecule has 5 rings (SSSR count). The lowest BCUT2D eigenvalue weighted by atomic mass is 10.1. The summed E-state index contributed by atoms with van der Waals surface area (Å²) in [6.45, 7) is 2.92. The Labute approximate surface area is 297 Å². The number of imidazole rings is 1. The highest BCUT2D eigenvalue weighted by atomic mass is 19.2. The summed E-state index contributed by atoms with van der Waals surface area (Å²) in [5.74, 6) is -4.72. The molecule has 276 valence electrons. The molecule has 1 aliphatic heterocycles. The number of carbonyl (C=O) groups excluding carboxylic acids is 3. The summed E-state index contributed by atoms with van der Waals surface area (Å²) < 4.78 is 35.8. The molecule has 17 heteroatoms. The van der Waals surface area contributed by atoms with Gasteiger partial charge in [-0.25, -0.2) is 14.4 Å². The van der Waals surface area contributed by atoms with Crippen molar-refractivity contribution < 1.29 is 37.8 Å². The molecule has 2 aromatic carbocycles. The van der Waals surface area contributed by atoms with E-state index in [1.165, 1.54) is 36.5 Å². The second kappa shape index (κ2) is 16.6. The number of nitrogens with two attached hydrogens (primary N) is 2. The van der Waals surface area contributed by atoms with Crippen LogP contribution < -0.4 is 26.8 Å². The van der Waals surface area contributed by atoms with Gasteiger partial charge in [0.1, 0.15) is 6.04 Å². The number of carboxylic acid groups (broad SMARTS) is 1. The van der Waals surface area contributed by atoms with E-state index in [2.05, 4.69) is 20.6 Å². The average Bonchev–Trinajstić information content (AvgIpc) is 3.57. The molecule has 3 heterocycles. The number of aryl methyl sites for hydroxylation is 1. The SMILES string of the molecule is COc1ccc(-c2cnc3c(Nc4ccc(C(=O)N5CCN(C(=O)C(CC(=O)O)NC(=O)C(N)CCCCN)CC5)c(C)c4)nccn23)c(F)c1F. The number of nitrogens with zero attached hydrogens (tertiary/aromatic N) is 5. The molecule has 15 nitrogen and oxygen atoms in total. The van der Waals surface area contributed by atoms with Crippen LogP contribution in [-0.2, 0) is 14.4 Å². The number of carboxylic acids is 1. The Bertz CT molecular complexity index is 1960. The highest BCUT2D eigenvalue weighted by Gasteiger charge is 2.33. The number of amides is 3. The van der Waals surface area contributed by atoms with Crippen molar-refractivity contribution in [3.05, 3.63) is 71.7 Å². The first kappa shape index (κ1) is 37.6. The van der Waals surface area contributed by atoms with Gasteiger partial charge in [-0.1, -0.05) is 6.42 Å². The van der Waals surface area contributed by atoms with Crippen molar-refractivity contribution in [2.45, 2.75) is 44.7 Å². The lowest BCUT2D eigenvalue weighted by molar-refractivity contribution is -0.144. The van der Waals surface area contributed by atoms with Crippen molar-refractivity contribution in [1.82, 2.24) is 29.5 Å². The van der Waals surface area contributed by atoms with Crippen LogP contribution in [0.15, 0.2) is 48.9 Å². The summed E-state index contributed by atoms with van der Waals surface area (Å²) >= 11 is 0. The third kappa shape index (κ3) is 8.26. The highest BCUT2D eigenvalue weighted by molar-refractivity contribution is 5.97. The van der Waals surface area contributed by atoms with Crippen molar-refractivity contribution >= 4 is 40.8 Å². The van der Waals surface area contributed by atoms with E-state index in [0.29, 0.717) is 59.8 Å². The first-order valence-electron chi connectivity index (χ1n) is 16.7. The van der Waals surface area contributed by atoms with Gasteiger partial charge in [0.2, 0.25) is 17.6 Å². The summed E-state index contributed by atoms with van der Waals surface area (Å²) in [4.78, 5) is 62.7. The number of benzene rings is 2. The fourth-order valence-corrected chi connectivity index (χ4v) is 6.03. The number of piperazine rings is 1. The van der Waals surface area contributed by atoms with Gasteiger partial charge in [0.25, 0.3) is 5.91 Å². The van der Waals surface area contributed by atoms with E-state index in [4.69, 9.17) is 16.2 Å². The molecule has 3 amide bonds. The number of carbonyl (C=O) groups is 4. The second-order valence-electron chi connectivity index (χ2n) is 12.4. The number of methoxy groups -OCH3 is 1. The van der Waals surface area contributed by atoms with Crippen molar-refractivity contribution in [3.8, 4) is 17.0 Å². The van der Waals surface area contributed by atoms with Gasteiger partial charge in [-0.15, -0.1) is 0 Å². The highest BCUT2D eigenvalue weighted by Crippen LogP contribution is 2.32. The molecule has 0 saturated carbocycles. The summed E-state index contributed by atoms with van der Waals surface area (Å²) in [6, 6.07) is 5.68. The molecule has 2 atom stereocenters. The molecule has 1 aliphatic rings. The Kier molecular flexibility index (Phi) is 12.0. The fraction of sp³-hybridized carbons (Fsp3) is 0.371. The Balaban J connectivity index is 1.22. The van der Waals surface area contributed by atoms with Gasteiger partial charge in [-0.05, 0) is 62.2 Å². The fourth-order valence-electron chi connectivity index (χ4n) is 6.03. The van der Waals surface area contributed by atoms with Crippen LogP contribution in [0.3, 0.4) is 0 Å². The topological polar surface area (TPSA) is 211 Å². The number of unbranched alkanes of at least 4 members (excludes halogenated alkanes) is 1. The van der Waals surface area contributed by atoms with E-state index in [1.54, 1.807) is 40.6 Å². The van der Waals surface area contributed by atoms with Gasteiger partial charge < -0.3 is 41.7 Å². The molecule has 1 fully saturated rings. The normalized spacial score (nSPS) is 14.2. The quantitative estimate of drug-likeness (QED) is 0.119. The minimum absolute atomic E-state index is 0.00634. The van der Waals surface area contributed by atoms with Crippen LogP contribution in [0.2, 0.25) is 0 Å². The molecule has 0 bridgehead atoms. The summed E-state index contributed by atoms with van der Waals surface area (Å²) in [6.07, 6.45) is 5.53. The molecule has 7 N–H and O–H groups in total. The number of halogens is 2. The number of anilines is 2. The average molecular weight is 722 g/mol. The van der Waals surface area contributed by atoms with Gasteiger partial charge in [0, 0.05) is 55.4 Å². The van der Waals surface area contributed by atoms with Gasteiger partial charge in [-0.3, -0.25) is 23.6 Å². The van der Waals surface area contributed by atoms with Crippen molar-refractivity contribution in [3.63, 3.8) is 0 Å². The van der Waals surface area contributed by atoms with E-state index in [9.17, 15) is 33.1 Å². The number of nitrogens with one attached hydrogen (secondary N) is 2. The number of hydrogen-bond acceptors (Lipinski definition) is 10. The number of aliphatic carboxylic acids is 1. The maximum Gasteiger partial charge on any atom is 0.305 e. The van der Waals surface area contributed by atoms with E-state index in [-0.39, 0.29) is 43.4 Å². The molecule has 1 saturated heterocycles. The Morgan fingerprint density at radius 1 is 1.02 bits per heavy atom. The smallest absolute Gasteiger partial charge is 0.305 e. The maximum absolute atomic E-state index is 14.9. The first-order valence-corrected chi connectivity index (χ1v) is 16.7. The van der Waals surface area contributed by atoms with Crippen LogP contribution in [0, 0.1) is 18.6 Å². The standard InChI is InChI=1S/C35H41F2N9O6/c1-20-17-21(42-31-32-41-19-26(46(32)12-11-40-31)23-8-9-27(52-2)30(37)29(23)36)6-7-22(20)34(50)44-13-15-45(16-14-44)35(51)25(18-28(47)48)43-33(49)24(39)5-3-4-10-38/h6-9,11-12,17,19,24-25H,3-5,10,13-16,18,38-39H2,1-2H3,(H,40,42)(H,43,49)(H,47,48). The maximum atomic E-state index is 14.9. The van der Waals surface area contributed by atoms with Gasteiger partial charge >= 0.3 is 5.97 Å². The lowest BCUT2D eigenvalue weighted by Crippen LogP contribution is -2.57. The second-order valence-corrected chi connectivity index (χ2v) is 12.4. The monoisotopic (exact) mass is 721 g/mol. The molecular weight excluding hydrogens is 680 g/mol. The predicted octanol–water partition coefficient (Wildman–Crippen LogP) is 2.44. The number of ether oxygens (including phenoxy) is 1. The van der Waals surface area contributed by atoms with E-state index >= 15 is 0 Å². The van der Waals surface area contributed by atoms with E-state index in [0.717, 1.165) is 0 Å². The number of rotatable bonds is 14. The molecule has 2 unspecified atom stereocenters. The van der Waals surface area contributed by atoms with Crippen molar-refractivity contribution in [1.29, 1.82) is 0 Å². The molecule has 0 spiro atoms. The van der Waals surface area contributed by atoms with Crippen LogP contribution >= 0.6 is 0 Å². The largest absolute Gasteiger partial charge is 0.494 e. The third-order valence-corrected chi connectivity index (χ3v) is 8.87. The van der Waals surface area contributed by atoms with Crippen LogP contribution in [0.1, 0.15) is 41.6 Å². The zero-order chi connectivity index (χ0) is 37.5. The first-order chi connectivity index (χ1) is 24.9. The van der Waals surface area contributed by atoms with E-state index < -0.39 is 47.9 Å². The number of hydrogen-bond donors (Lipinski definition) is 5. The van der Waals surface area contributed by atoms with Crippen LogP contribution in [0.25, 0.3) is 16.9 Å². The zero-order valence-corrected chi connectivity index (χ0v) is 28.8.